The summed E-state index contributed by atoms with van der Waals surface area (Å²) in [4.78, 5) is 23.8. The molecule has 1 aliphatic carbocycles. The minimum Gasteiger partial charge on any atom is -0.453 e. The lowest BCUT2D eigenvalue weighted by Gasteiger charge is -2.22. The van der Waals surface area contributed by atoms with Crippen molar-refractivity contribution in [1.29, 1.82) is 0 Å². The summed E-state index contributed by atoms with van der Waals surface area (Å²) in [6, 6.07) is 5.24. The molecule has 0 heterocycles. The molecule has 0 aromatic heterocycles. The van der Waals surface area contributed by atoms with E-state index in [4.69, 9.17) is 4.74 Å². The molecular weight excluding hydrogens is 318 g/mol. The fraction of sp³-hybridized carbons (Fsp3) is 0.500. The molecule has 0 aliphatic heterocycles. The summed E-state index contributed by atoms with van der Waals surface area (Å²) in [6.07, 6.45) is 1.79. The lowest BCUT2D eigenvalue weighted by atomic mass is 9.96. The number of rotatable bonds is 5. The van der Waals surface area contributed by atoms with Crippen molar-refractivity contribution in [3.05, 3.63) is 29.8 Å². The number of carbonyl (C=O) groups is 2. The highest BCUT2D eigenvalue weighted by Gasteiger charge is 2.29. The number of aryl methyl sites for hydroxylation is 1. The van der Waals surface area contributed by atoms with Crippen LogP contribution in [0, 0.1) is 6.92 Å². The van der Waals surface area contributed by atoms with Gasteiger partial charge in [0.25, 0.3) is 0 Å². The number of hydrogen-bond donors (Lipinski definition) is 1. The summed E-state index contributed by atoms with van der Waals surface area (Å²) in [5.74, 6) is -0.834. The van der Waals surface area contributed by atoms with Crippen molar-refractivity contribution in [3.63, 3.8) is 0 Å². The Bertz CT molecular complexity index is 681. The van der Waals surface area contributed by atoms with E-state index < -0.39 is 28.1 Å². The van der Waals surface area contributed by atoms with Crippen LogP contribution in [0.1, 0.15) is 38.2 Å². The van der Waals surface area contributed by atoms with E-state index in [-0.39, 0.29) is 10.7 Å². The van der Waals surface area contributed by atoms with E-state index in [0.717, 1.165) is 18.4 Å². The van der Waals surface area contributed by atoms with Crippen LogP contribution in [0.4, 0.5) is 0 Å². The minimum absolute atomic E-state index is 0.0801. The van der Waals surface area contributed by atoms with Gasteiger partial charge in [0.15, 0.2) is 11.9 Å². The maximum Gasteiger partial charge on any atom is 0.324 e. The molecule has 1 saturated carbocycles. The third-order valence-corrected chi connectivity index (χ3v) is 5.33. The molecule has 0 radical (unpaired) electrons. The van der Waals surface area contributed by atoms with Crippen LogP contribution in [0.5, 0.6) is 0 Å². The van der Waals surface area contributed by atoms with Crippen molar-refractivity contribution < 1.29 is 22.7 Å². The van der Waals surface area contributed by atoms with Crippen molar-refractivity contribution in [2.75, 3.05) is 0 Å². The second-order valence-electron chi connectivity index (χ2n) is 5.79. The Morgan fingerprint density at radius 2 is 1.91 bits per heavy atom. The van der Waals surface area contributed by atoms with Crippen LogP contribution >= 0.6 is 0 Å². The number of ether oxygens (including phenoxy) is 1. The lowest BCUT2D eigenvalue weighted by Crippen LogP contribution is -2.42. The molecular formula is C16H21NO5S. The van der Waals surface area contributed by atoms with Crippen LogP contribution in [-0.2, 0) is 24.3 Å². The van der Waals surface area contributed by atoms with Gasteiger partial charge < -0.3 is 4.74 Å². The molecule has 7 heteroatoms. The average Bonchev–Trinajstić information content (AvgIpc) is 2.49. The monoisotopic (exact) mass is 339 g/mol. The lowest BCUT2D eigenvalue weighted by molar-refractivity contribution is -0.157. The van der Waals surface area contributed by atoms with Crippen LogP contribution in [0.25, 0.3) is 0 Å². The summed E-state index contributed by atoms with van der Waals surface area (Å²) in [6.45, 7) is 3.26. The first kappa shape index (κ1) is 17.6. The van der Waals surface area contributed by atoms with Crippen LogP contribution in [0.2, 0.25) is 0 Å². The van der Waals surface area contributed by atoms with Crippen LogP contribution in [0.15, 0.2) is 29.2 Å². The molecule has 0 bridgehead atoms. The molecule has 0 spiro atoms. The summed E-state index contributed by atoms with van der Waals surface area (Å²) in [7, 11) is -3.81. The molecule has 2 unspecified atom stereocenters. The second kappa shape index (κ2) is 7.23. The predicted molar refractivity (Wildman–Crippen MR) is 84.3 cm³/mol. The van der Waals surface area contributed by atoms with Gasteiger partial charge in [-0.05, 0) is 45.2 Å². The van der Waals surface area contributed by atoms with E-state index in [2.05, 4.69) is 4.72 Å². The van der Waals surface area contributed by atoms with Crippen LogP contribution in [0.3, 0.4) is 0 Å². The highest BCUT2D eigenvalue weighted by atomic mass is 32.2. The standard InChI is InChI=1S/C16H21NO5S/c1-11-7-9-13(10-8-11)23(20,21)17-12(2)16(19)22-15-6-4-3-5-14(15)18/h7-10,12,15,17H,3-6H2,1-2H3. The second-order valence-corrected chi connectivity index (χ2v) is 7.51. The Labute approximate surface area is 136 Å². The Hall–Kier alpha value is -1.73. The molecule has 0 saturated heterocycles. The fourth-order valence-electron chi connectivity index (χ4n) is 2.38. The molecule has 1 aromatic rings. The number of hydrogen-bond acceptors (Lipinski definition) is 5. The third-order valence-electron chi connectivity index (χ3n) is 3.77. The zero-order chi connectivity index (χ0) is 17.0. The molecule has 1 N–H and O–H groups in total. The highest BCUT2D eigenvalue weighted by Crippen LogP contribution is 2.18. The van der Waals surface area contributed by atoms with Gasteiger partial charge in [0.05, 0.1) is 4.90 Å². The quantitative estimate of drug-likeness (QED) is 0.825. The number of Topliss-reactive ketones (excluding diaryl/α,β-unsaturated/α-hetero) is 1. The fourth-order valence-corrected chi connectivity index (χ4v) is 3.58. The van der Waals surface area contributed by atoms with Gasteiger partial charge in [0, 0.05) is 6.42 Å². The van der Waals surface area contributed by atoms with Gasteiger partial charge in [-0.1, -0.05) is 17.7 Å². The van der Waals surface area contributed by atoms with Crippen molar-refractivity contribution in [2.45, 2.75) is 56.6 Å². The Morgan fingerprint density at radius 3 is 2.52 bits per heavy atom. The van der Waals surface area contributed by atoms with Gasteiger partial charge in [0.1, 0.15) is 6.04 Å². The maximum atomic E-state index is 12.2. The first-order chi connectivity index (χ1) is 10.8. The van der Waals surface area contributed by atoms with Gasteiger partial charge in [-0.25, -0.2) is 8.42 Å². The van der Waals surface area contributed by atoms with E-state index in [1.54, 1.807) is 12.1 Å². The molecule has 0 amide bonds. The molecule has 6 nitrogen and oxygen atoms in total. The smallest absolute Gasteiger partial charge is 0.324 e. The van der Waals surface area contributed by atoms with E-state index in [0.29, 0.717) is 12.8 Å². The van der Waals surface area contributed by atoms with Crippen LogP contribution < -0.4 is 4.72 Å². The molecule has 1 aromatic carbocycles. The van der Waals surface area contributed by atoms with Gasteiger partial charge in [0.2, 0.25) is 10.0 Å². The van der Waals surface area contributed by atoms with E-state index in [9.17, 15) is 18.0 Å². The molecule has 23 heavy (non-hydrogen) atoms. The first-order valence-electron chi connectivity index (χ1n) is 7.62. The predicted octanol–water partition coefficient (Wildman–Crippen LogP) is 1.72. The minimum atomic E-state index is -3.81. The Morgan fingerprint density at radius 1 is 1.26 bits per heavy atom. The number of esters is 1. The van der Waals surface area contributed by atoms with Crippen LogP contribution in [-0.4, -0.2) is 32.3 Å². The summed E-state index contributed by atoms with van der Waals surface area (Å²) in [5.41, 5.74) is 0.937. The van der Waals surface area contributed by atoms with Gasteiger partial charge in [-0.15, -0.1) is 0 Å². The molecule has 2 atom stereocenters. The van der Waals surface area contributed by atoms with Gasteiger partial charge in [-0.2, -0.15) is 4.72 Å². The summed E-state index contributed by atoms with van der Waals surface area (Å²) < 4.78 is 31.9. The van der Waals surface area contributed by atoms with Crippen molar-refractivity contribution in [2.24, 2.45) is 0 Å². The number of nitrogens with one attached hydrogen (secondary N) is 1. The van der Waals surface area contributed by atoms with Crippen molar-refractivity contribution in [3.8, 4) is 0 Å². The molecule has 1 fully saturated rings. The van der Waals surface area contributed by atoms with Gasteiger partial charge in [-0.3, -0.25) is 9.59 Å². The summed E-state index contributed by atoms with van der Waals surface area (Å²) >= 11 is 0. The zero-order valence-corrected chi connectivity index (χ0v) is 14.1. The largest absolute Gasteiger partial charge is 0.453 e. The van der Waals surface area contributed by atoms with Crippen molar-refractivity contribution >= 4 is 21.8 Å². The summed E-state index contributed by atoms with van der Waals surface area (Å²) in [5, 5.41) is 0. The molecule has 126 valence electrons. The molecule has 1 aliphatic rings. The number of benzene rings is 1. The Kier molecular flexibility index (Phi) is 5.54. The Balaban J connectivity index is 1.99. The van der Waals surface area contributed by atoms with E-state index in [1.165, 1.54) is 19.1 Å². The van der Waals surface area contributed by atoms with Crippen molar-refractivity contribution in [1.82, 2.24) is 4.72 Å². The zero-order valence-electron chi connectivity index (χ0n) is 13.2. The SMILES string of the molecule is Cc1ccc(S(=O)(=O)NC(C)C(=O)OC2CCCCC2=O)cc1. The third kappa shape index (κ3) is 4.62. The molecule has 2 rings (SSSR count). The first-order valence-corrected chi connectivity index (χ1v) is 9.10. The average molecular weight is 339 g/mol. The normalized spacial score (nSPS) is 20.1. The van der Waals surface area contributed by atoms with E-state index >= 15 is 0 Å². The van der Waals surface area contributed by atoms with Gasteiger partial charge >= 0.3 is 5.97 Å². The number of ketones is 1. The van der Waals surface area contributed by atoms with E-state index in [1.807, 2.05) is 6.92 Å². The maximum absolute atomic E-state index is 12.2. The number of sulfonamides is 1. The highest BCUT2D eigenvalue weighted by molar-refractivity contribution is 7.89. The number of carbonyl (C=O) groups excluding carboxylic acids is 2. The topological polar surface area (TPSA) is 89.5 Å².